The molecule has 0 fully saturated rings. The van der Waals surface area contributed by atoms with Gasteiger partial charge in [0, 0.05) is 5.56 Å². The molecular formula is C13H15N3O4. The monoisotopic (exact) mass is 277 g/mol. The lowest BCUT2D eigenvalue weighted by Crippen LogP contribution is -2.08. The van der Waals surface area contributed by atoms with Crippen molar-refractivity contribution in [3.63, 3.8) is 0 Å². The molecule has 0 saturated heterocycles. The molecule has 0 saturated carbocycles. The van der Waals surface area contributed by atoms with E-state index >= 15 is 0 Å². The third-order valence-electron chi connectivity index (χ3n) is 2.79. The first kappa shape index (κ1) is 14.0. The van der Waals surface area contributed by atoms with Gasteiger partial charge >= 0.3 is 5.97 Å². The first-order valence-corrected chi connectivity index (χ1v) is 5.93. The molecule has 20 heavy (non-hydrogen) atoms. The molecule has 1 aromatic carbocycles. The molecule has 0 amide bonds. The summed E-state index contributed by atoms with van der Waals surface area (Å²) < 4.78 is 11.2. The highest BCUT2D eigenvalue weighted by Crippen LogP contribution is 2.30. The fourth-order valence-electron chi connectivity index (χ4n) is 1.89. The molecule has 0 unspecified atom stereocenters. The Labute approximate surface area is 115 Å². The lowest BCUT2D eigenvalue weighted by Gasteiger charge is -2.15. The van der Waals surface area contributed by atoms with Gasteiger partial charge in [-0.15, -0.1) is 5.10 Å². The number of methoxy groups -OCH3 is 2. The zero-order valence-electron chi connectivity index (χ0n) is 11.4. The van der Waals surface area contributed by atoms with E-state index in [9.17, 15) is 9.90 Å². The Morgan fingerprint density at radius 3 is 2.75 bits per heavy atom. The van der Waals surface area contributed by atoms with Crippen LogP contribution in [0.15, 0.2) is 24.5 Å². The Hall–Kier alpha value is -2.41. The molecule has 0 aliphatic carbocycles. The van der Waals surface area contributed by atoms with Gasteiger partial charge in [-0.25, -0.2) is 14.5 Å². The van der Waals surface area contributed by atoms with Crippen molar-refractivity contribution in [2.75, 3.05) is 14.2 Å². The van der Waals surface area contributed by atoms with Gasteiger partial charge in [0.1, 0.15) is 12.1 Å². The number of rotatable bonds is 4. The lowest BCUT2D eigenvalue weighted by molar-refractivity contribution is 0.0587. The Balaban J connectivity index is 2.52. The van der Waals surface area contributed by atoms with E-state index in [-0.39, 0.29) is 5.82 Å². The number of esters is 1. The Kier molecular flexibility index (Phi) is 3.99. The Morgan fingerprint density at radius 1 is 1.40 bits per heavy atom. The molecule has 106 valence electrons. The minimum Gasteiger partial charge on any atom is -0.496 e. The molecule has 2 rings (SSSR count). The average molecular weight is 277 g/mol. The minimum absolute atomic E-state index is 0.0492. The van der Waals surface area contributed by atoms with E-state index in [0.717, 1.165) is 0 Å². The van der Waals surface area contributed by atoms with Crippen molar-refractivity contribution in [3.8, 4) is 11.4 Å². The summed E-state index contributed by atoms with van der Waals surface area (Å²) in [5.41, 5.74) is 1.15. The van der Waals surface area contributed by atoms with Crippen LogP contribution in [0.4, 0.5) is 0 Å². The van der Waals surface area contributed by atoms with Gasteiger partial charge in [0.05, 0.1) is 26.0 Å². The minimum atomic E-state index is -0.757. The predicted octanol–water partition coefficient (Wildman–Crippen LogP) is 1.12. The Bertz CT molecular complexity index is 622. The molecule has 2 aromatic rings. The molecule has 7 nitrogen and oxygen atoms in total. The van der Waals surface area contributed by atoms with Crippen LogP contribution in [-0.4, -0.2) is 40.1 Å². The van der Waals surface area contributed by atoms with Gasteiger partial charge in [0.2, 0.25) is 0 Å². The molecule has 0 spiro atoms. The number of aliphatic hydroxyl groups is 1. The van der Waals surface area contributed by atoms with E-state index in [1.54, 1.807) is 25.1 Å². The molecule has 1 aromatic heterocycles. The van der Waals surface area contributed by atoms with Crippen LogP contribution in [0.3, 0.4) is 0 Å². The third-order valence-corrected chi connectivity index (χ3v) is 2.79. The highest BCUT2D eigenvalue weighted by molar-refractivity contribution is 5.84. The van der Waals surface area contributed by atoms with Crippen molar-refractivity contribution in [1.29, 1.82) is 0 Å². The topological polar surface area (TPSA) is 86.5 Å². The van der Waals surface area contributed by atoms with Gasteiger partial charge < -0.3 is 14.6 Å². The van der Waals surface area contributed by atoms with Gasteiger partial charge in [-0.3, -0.25) is 0 Å². The van der Waals surface area contributed by atoms with Crippen molar-refractivity contribution in [2.24, 2.45) is 0 Å². The number of hydrogen-bond acceptors (Lipinski definition) is 6. The van der Waals surface area contributed by atoms with E-state index in [1.807, 2.05) is 0 Å². The van der Waals surface area contributed by atoms with Crippen molar-refractivity contribution < 1.29 is 19.4 Å². The SMILES string of the molecule is COC(=O)c1ncn(-c2cccc(OC)c2[C@@H](C)O)n1. The van der Waals surface area contributed by atoms with Gasteiger partial charge in [-0.05, 0) is 19.1 Å². The van der Waals surface area contributed by atoms with Crippen molar-refractivity contribution in [1.82, 2.24) is 14.8 Å². The van der Waals surface area contributed by atoms with E-state index in [2.05, 4.69) is 14.8 Å². The number of hydrogen-bond donors (Lipinski definition) is 1. The highest BCUT2D eigenvalue weighted by Gasteiger charge is 2.18. The van der Waals surface area contributed by atoms with Crippen LogP contribution in [0.5, 0.6) is 5.75 Å². The maximum atomic E-state index is 11.4. The summed E-state index contributed by atoms with van der Waals surface area (Å²) in [6.45, 7) is 1.62. The van der Waals surface area contributed by atoms with Crippen LogP contribution < -0.4 is 4.74 Å². The molecule has 0 aliphatic heterocycles. The van der Waals surface area contributed by atoms with Gasteiger partial charge in [0.25, 0.3) is 5.82 Å². The standard InChI is InChI=1S/C13H15N3O4/c1-8(17)11-9(5-4-6-10(11)19-2)16-7-14-12(15-16)13(18)20-3/h4-8,17H,1-3H3/t8-/m1/s1. The van der Waals surface area contributed by atoms with Crippen LogP contribution in [-0.2, 0) is 4.74 Å². The second kappa shape index (κ2) is 5.70. The smallest absolute Gasteiger partial charge is 0.377 e. The van der Waals surface area contributed by atoms with Crippen molar-refractivity contribution in [2.45, 2.75) is 13.0 Å². The van der Waals surface area contributed by atoms with E-state index in [4.69, 9.17) is 4.74 Å². The normalized spacial score (nSPS) is 12.0. The first-order valence-electron chi connectivity index (χ1n) is 5.93. The number of ether oxygens (including phenoxy) is 2. The number of carbonyl (C=O) groups excluding carboxylic acids is 1. The molecular weight excluding hydrogens is 262 g/mol. The molecule has 7 heteroatoms. The summed E-state index contributed by atoms with van der Waals surface area (Å²) in [5, 5.41) is 13.9. The fraction of sp³-hybridized carbons (Fsp3) is 0.308. The predicted molar refractivity (Wildman–Crippen MR) is 69.9 cm³/mol. The van der Waals surface area contributed by atoms with E-state index in [1.165, 1.54) is 25.2 Å². The number of aromatic nitrogens is 3. The first-order chi connectivity index (χ1) is 9.58. The van der Waals surface area contributed by atoms with Gasteiger partial charge in [0.15, 0.2) is 0 Å². The maximum absolute atomic E-state index is 11.4. The highest BCUT2D eigenvalue weighted by atomic mass is 16.5. The van der Waals surface area contributed by atoms with Crippen LogP contribution in [0, 0.1) is 0 Å². The largest absolute Gasteiger partial charge is 0.496 e. The average Bonchev–Trinajstić information content (AvgIpc) is 2.95. The van der Waals surface area contributed by atoms with Gasteiger partial charge in [-0.1, -0.05) is 6.07 Å². The second-order valence-electron chi connectivity index (χ2n) is 4.07. The van der Waals surface area contributed by atoms with Crippen LogP contribution in [0.1, 0.15) is 29.2 Å². The fourth-order valence-corrected chi connectivity index (χ4v) is 1.89. The second-order valence-corrected chi connectivity index (χ2v) is 4.07. The molecule has 0 bridgehead atoms. The van der Waals surface area contributed by atoms with Gasteiger partial charge in [-0.2, -0.15) is 0 Å². The summed E-state index contributed by atoms with van der Waals surface area (Å²) in [5.74, 6) is -0.135. The summed E-state index contributed by atoms with van der Waals surface area (Å²) in [7, 11) is 2.78. The molecule has 0 aliphatic rings. The summed E-state index contributed by atoms with van der Waals surface area (Å²) >= 11 is 0. The molecule has 1 atom stereocenters. The Morgan fingerprint density at radius 2 is 2.15 bits per heavy atom. The zero-order chi connectivity index (χ0) is 14.7. The summed E-state index contributed by atoms with van der Waals surface area (Å²) in [4.78, 5) is 15.2. The molecule has 0 radical (unpaired) electrons. The lowest BCUT2D eigenvalue weighted by atomic mass is 10.1. The van der Waals surface area contributed by atoms with Crippen LogP contribution >= 0.6 is 0 Å². The quantitative estimate of drug-likeness (QED) is 0.843. The summed E-state index contributed by atoms with van der Waals surface area (Å²) in [6, 6.07) is 5.25. The maximum Gasteiger partial charge on any atom is 0.377 e. The number of carbonyl (C=O) groups is 1. The van der Waals surface area contributed by atoms with Crippen LogP contribution in [0.2, 0.25) is 0 Å². The number of aliphatic hydroxyl groups excluding tert-OH is 1. The third kappa shape index (κ3) is 2.48. The van der Waals surface area contributed by atoms with E-state index in [0.29, 0.717) is 17.0 Å². The molecule has 1 N–H and O–H groups in total. The van der Waals surface area contributed by atoms with Crippen molar-refractivity contribution in [3.05, 3.63) is 35.9 Å². The van der Waals surface area contributed by atoms with Crippen LogP contribution in [0.25, 0.3) is 5.69 Å². The zero-order valence-corrected chi connectivity index (χ0v) is 11.4. The molecule has 1 heterocycles. The number of nitrogens with zero attached hydrogens (tertiary/aromatic N) is 3. The van der Waals surface area contributed by atoms with E-state index < -0.39 is 12.1 Å². The van der Waals surface area contributed by atoms with Crippen molar-refractivity contribution >= 4 is 5.97 Å². The summed E-state index contributed by atoms with van der Waals surface area (Å²) in [6.07, 6.45) is 0.624. The number of benzene rings is 1.